The lowest BCUT2D eigenvalue weighted by atomic mass is 9.78. The van der Waals surface area contributed by atoms with Crippen LogP contribution in [0, 0.1) is 0 Å². The Kier molecular flexibility index (Phi) is 3.69. The summed E-state index contributed by atoms with van der Waals surface area (Å²) in [6, 6.07) is 1.65. The number of amides is 2. The van der Waals surface area contributed by atoms with Gasteiger partial charge in [0.1, 0.15) is 11.3 Å². The molecule has 0 aromatic carbocycles. The van der Waals surface area contributed by atoms with Crippen LogP contribution in [0.4, 0.5) is 4.79 Å². The number of imide groups is 1. The van der Waals surface area contributed by atoms with E-state index in [-0.39, 0.29) is 17.9 Å². The number of hydrogen-bond acceptors (Lipinski definition) is 5. The fraction of sp³-hybridized carbons (Fsp3) is 0.500. The van der Waals surface area contributed by atoms with Crippen LogP contribution in [0.2, 0.25) is 5.28 Å². The average molecular weight is 365 g/mol. The van der Waals surface area contributed by atoms with Crippen molar-refractivity contribution < 1.29 is 19.4 Å². The Labute approximate surface area is 148 Å². The predicted octanol–water partition coefficient (Wildman–Crippen LogP) is 2.50. The number of methoxy groups -OCH3 is 1. The first-order valence-electron chi connectivity index (χ1n) is 8.07. The van der Waals surface area contributed by atoms with Gasteiger partial charge in [-0.15, -0.1) is 0 Å². The first-order valence-corrected chi connectivity index (χ1v) is 8.45. The summed E-state index contributed by atoms with van der Waals surface area (Å²) in [4.78, 5) is 33.5. The summed E-state index contributed by atoms with van der Waals surface area (Å²) in [5.41, 5.74) is 0.358. The van der Waals surface area contributed by atoms with Gasteiger partial charge in [0.15, 0.2) is 0 Å². The van der Waals surface area contributed by atoms with Crippen molar-refractivity contribution in [2.24, 2.45) is 0 Å². The van der Waals surface area contributed by atoms with Gasteiger partial charge < -0.3 is 14.4 Å². The first-order chi connectivity index (χ1) is 11.9. The third-order valence-corrected chi connectivity index (χ3v) is 5.51. The Morgan fingerprint density at radius 1 is 1.44 bits per heavy atom. The molecule has 1 fully saturated rings. The maximum atomic E-state index is 12.7. The molecule has 0 saturated heterocycles. The zero-order valence-corrected chi connectivity index (χ0v) is 14.4. The number of hydrogen-bond donors (Lipinski definition) is 1. The molecule has 3 heterocycles. The van der Waals surface area contributed by atoms with Crippen LogP contribution in [0.3, 0.4) is 0 Å². The Balaban J connectivity index is 1.92. The molecular weight excluding hydrogens is 348 g/mol. The van der Waals surface area contributed by atoms with Crippen molar-refractivity contribution in [2.45, 2.75) is 37.3 Å². The fourth-order valence-electron chi connectivity index (χ4n) is 4.08. The van der Waals surface area contributed by atoms with Crippen LogP contribution in [-0.2, 0) is 10.3 Å². The molecule has 4 rings (SSSR count). The van der Waals surface area contributed by atoms with Crippen LogP contribution in [0.1, 0.15) is 36.2 Å². The standard InChI is InChI=1S/C16H17ClN4O4/c1-25-10-2-4-16(5-3-10)8-20(15(23)24)13(22)11-6-9-7-18-14(17)19-12(9)21(11)16/h6-7,10H,2-5,8H2,1H3,(H,23,24). The lowest BCUT2D eigenvalue weighted by Crippen LogP contribution is -2.56. The molecule has 0 radical (unpaired) electrons. The third-order valence-electron chi connectivity index (χ3n) is 5.33. The minimum Gasteiger partial charge on any atom is -0.465 e. The largest absolute Gasteiger partial charge is 0.465 e. The highest BCUT2D eigenvalue weighted by atomic mass is 35.5. The lowest BCUT2D eigenvalue weighted by molar-refractivity contribution is 0.0100. The number of aromatic nitrogens is 3. The topological polar surface area (TPSA) is 97.6 Å². The van der Waals surface area contributed by atoms with E-state index in [0.29, 0.717) is 29.6 Å². The first kappa shape index (κ1) is 16.3. The SMILES string of the molecule is COC1CCC2(CC1)CN(C(=O)O)C(=O)c1cc3cnc(Cl)nc3n12. The molecule has 1 saturated carbocycles. The second-order valence-electron chi connectivity index (χ2n) is 6.62. The van der Waals surface area contributed by atoms with Crippen LogP contribution in [-0.4, -0.2) is 56.3 Å². The van der Waals surface area contributed by atoms with Crippen LogP contribution < -0.4 is 0 Å². The highest BCUT2D eigenvalue weighted by Gasteiger charge is 2.48. The van der Waals surface area contributed by atoms with Gasteiger partial charge in [0.25, 0.3) is 5.91 Å². The average Bonchev–Trinajstić information content (AvgIpc) is 2.98. The second kappa shape index (κ2) is 5.67. The maximum absolute atomic E-state index is 12.7. The zero-order chi connectivity index (χ0) is 17.8. The van der Waals surface area contributed by atoms with Crippen molar-refractivity contribution in [3.63, 3.8) is 0 Å². The molecule has 0 unspecified atom stereocenters. The number of carbonyl (C=O) groups is 2. The summed E-state index contributed by atoms with van der Waals surface area (Å²) in [6.07, 6.45) is 3.43. The van der Waals surface area contributed by atoms with E-state index < -0.39 is 17.5 Å². The maximum Gasteiger partial charge on any atom is 0.414 e. The Morgan fingerprint density at radius 2 is 2.16 bits per heavy atom. The number of halogens is 1. The van der Waals surface area contributed by atoms with Crippen molar-refractivity contribution in [2.75, 3.05) is 13.7 Å². The summed E-state index contributed by atoms with van der Waals surface area (Å²) >= 11 is 5.96. The number of carboxylic acid groups (broad SMARTS) is 1. The third kappa shape index (κ3) is 2.39. The molecule has 25 heavy (non-hydrogen) atoms. The van der Waals surface area contributed by atoms with E-state index in [4.69, 9.17) is 16.3 Å². The monoisotopic (exact) mass is 364 g/mol. The molecule has 132 valence electrons. The van der Waals surface area contributed by atoms with Gasteiger partial charge in [-0.2, -0.15) is 4.98 Å². The van der Waals surface area contributed by atoms with Crippen molar-refractivity contribution in [1.29, 1.82) is 0 Å². The van der Waals surface area contributed by atoms with Gasteiger partial charge in [0.05, 0.1) is 18.2 Å². The molecule has 0 atom stereocenters. The van der Waals surface area contributed by atoms with Crippen molar-refractivity contribution in [1.82, 2.24) is 19.4 Å². The van der Waals surface area contributed by atoms with Crippen molar-refractivity contribution >= 4 is 34.6 Å². The van der Waals surface area contributed by atoms with E-state index in [0.717, 1.165) is 17.7 Å². The van der Waals surface area contributed by atoms with E-state index in [9.17, 15) is 14.7 Å². The number of nitrogens with zero attached hydrogens (tertiary/aromatic N) is 4. The molecule has 2 aromatic heterocycles. The summed E-state index contributed by atoms with van der Waals surface area (Å²) in [5.74, 6) is -0.541. The second-order valence-corrected chi connectivity index (χ2v) is 6.95. The number of carbonyl (C=O) groups excluding carboxylic acids is 1. The molecule has 9 heteroatoms. The molecule has 1 N–H and O–H groups in total. The number of fused-ring (bicyclic) bond motifs is 4. The van der Waals surface area contributed by atoms with E-state index in [1.165, 1.54) is 0 Å². The minimum absolute atomic E-state index is 0.0993. The summed E-state index contributed by atoms with van der Waals surface area (Å²) in [7, 11) is 1.68. The van der Waals surface area contributed by atoms with Crippen LogP contribution in [0.25, 0.3) is 11.0 Å². The molecular formula is C16H17ClN4O4. The van der Waals surface area contributed by atoms with Crippen molar-refractivity contribution in [3.8, 4) is 0 Å². The van der Waals surface area contributed by atoms with Crippen LogP contribution >= 0.6 is 11.6 Å². The van der Waals surface area contributed by atoms with Crippen molar-refractivity contribution in [3.05, 3.63) is 23.2 Å². The molecule has 1 spiro atoms. The van der Waals surface area contributed by atoms with Gasteiger partial charge >= 0.3 is 6.09 Å². The van der Waals surface area contributed by atoms with E-state index in [1.807, 2.05) is 4.57 Å². The van der Waals surface area contributed by atoms with Gasteiger partial charge in [0, 0.05) is 18.7 Å². The molecule has 1 aliphatic carbocycles. The summed E-state index contributed by atoms with van der Waals surface area (Å²) in [6.45, 7) is 0.107. The van der Waals surface area contributed by atoms with Gasteiger partial charge in [-0.3, -0.25) is 4.79 Å². The molecule has 0 bridgehead atoms. The highest BCUT2D eigenvalue weighted by molar-refractivity contribution is 6.28. The summed E-state index contributed by atoms with van der Waals surface area (Å²) < 4.78 is 7.32. The Bertz CT molecular complexity index is 872. The lowest BCUT2D eigenvalue weighted by Gasteiger charge is -2.46. The van der Waals surface area contributed by atoms with Gasteiger partial charge in [-0.1, -0.05) is 0 Å². The van der Waals surface area contributed by atoms with Crippen LogP contribution in [0.15, 0.2) is 12.3 Å². The molecule has 2 amide bonds. The van der Waals surface area contributed by atoms with E-state index in [2.05, 4.69) is 9.97 Å². The minimum atomic E-state index is -1.24. The van der Waals surface area contributed by atoms with E-state index >= 15 is 0 Å². The fourth-order valence-corrected chi connectivity index (χ4v) is 4.21. The molecule has 1 aliphatic heterocycles. The number of rotatable bonds is 1. The molecule has 8 nitrogen and oxygen atoms in total. The zero-order valence-electron chi connectivity index (χ0n) is 13.6. The van der Waals surface area contributed by atoms with E-state index in [1.54, 1.807) is 19.4 Å². The normalized spacial score (nSPS) is 26.2. The Hall–Kier alpha value is -2.19. The quantitative estimate of drug-likeness (QED) is 0.781. The summed E-state index contributed by atoms with van der Waals surface area (Å²) in [5, 5.41) is 10.3. The van der Waals surface area contributed by atoms with Gasteiger partial charge in [-0.05, 0) is 43.4 Å². The smallest absolute Gasteiger partial charge is 0.414 e. The van der Waals surface area contributed by atoms with Gasteiger partial charge in [0.2, 0.25) is 5.28 Å². The highest BCUT2D eigenvalue weighted by Crippen LogP contribution is 2.43. The Morgan fingerprint density at radius 3 is 2.80 bits per heavy atom. The molecule has 2 aliphatic rings. The van der Waals surface area contributed by atoms with Crippen LogP contribution in [0.5, 0.6) is 0 Å². The van der Waals surface area contributed by atoms with Gasteiger partial charge in [-0.25, -0.2) is 14.7 Å². The number of ether oxygens (including phenoxy) is 1. The molecule has 2 aromatic rings. The predicted molar refractivity (Wildman–Crippen MR) is 88.8 cm³/mol.